The van der Waals surface area contributed by atoms with Crippen LogP contribution in [0.4, 0.5) is 11.8 Å². The number of methoxy groups -OCH3 is 1. The molecule has 9 heteroatoms. The fraction of sp³-hybridized carbons (Fsp3) is 0.261. The summed E-state index contributed by atoms with van der Waals surface area (Å²) >= 11 is 2.27. The Morgan fingerprint density at radius 2 is 1.94 bits per heavy atom. The Morgan fingerprint density at radius 1 is 1.19 bits per heavy atom. The summed E-state index contributed by atoms with van der Waals surface area (Å²) in [5.41, 5.74) is 15.7. The van der Waals surface area contributed by atoms with E-state index in [0.717, 1.165) is 36.7 Å². The molecule has 0 aliphatic heterocycles. The first-order valence-electron chi connectivity index (χ1n) is 10.3. The molecule has 32 heavy (non-hydrogen) atoms. The van der Waals surface area contributed by atoms with Crippen molar-refractivity contribution in [3.63, 3.8) is 0 Å². The van der Waals surface area contributed by atoms with Crippen LogP contribution in [0.15, 0.2) is 36.5 Å². The van der Waals surface area contributed by atoms with E-state index in [1.807, 2.05) is 59.8 Å². The summed E-state index contributed by atoms with van der Waals surface area (Å²) in [5.74, 6) is 1.24. The van der Waals surface area contributed by atoms with Gasteiger partial charge in [0.2, 0.25) is 11.9 Å². The fourth-order valence-electron chi connectivity index (χ4n) is 4.09. The number of nitrogens with zero attached hydrogens (tertiary/aromatic N) is 4. The molecule has 0 radical (unpaired) electrons. The highest BCUT2D eigenvalue weighted by molar-refractivity contribution is 14.1. The normalized spacial score (nSPS) is 11.2. The van der Waals surface area contributed by atoms with Crippen LogP contribution in [-0.4, -0.2) is 45.5 Å². The molecule has 166 valence electrons. The largest absolute Gasteiger partial charge is 0.497 e. The van der Waals surface area contributed by atoms with Gasteiger partial charge in [0.25, 0.3) is 0 Å². The van der Waals surface area contributed by atoms with Gasteiger partial charge >= 0.3 is 0 Å². The Bertz CT molecular complexity index is 1330. The molecule has 0 atom stereocenters. The van der Waals surface area contributed by atoms with Crippen molar-refractivity contribution < 1.29 is 9.53 Å². The highest BCUT2D eigenvalue weighted by Crippen LogP contribution is 2.42. The lowest BCUT2D eigenvalue weighted by atomic mass is 9.99. The van der Waals surface area contributed by atoms with Crippen molar-refractivity contribution in [3.05, 3.63) is 40.1 Å². The maximum absolute atomic E-state index is 12.9. The molecule has 0 spiro atoms. The van der Waals surface area contributed by atoms with Crippen LogP contribution in [0, 0.1) is 3.57 Å². The Labute approximate surface area is 199 Å². The molecule has 0 unspecified atom stereocenters. The minimum Gasteiger partial charge on any atom is -0.497 e. The third kappa shape index (κ3) is 3.70. The Kier molecular flexibility index (Phi) is 6.09. The molecular weight excluding hydrogens is 519 g/mol. The standard InChI is InChI=1S/C23H25IN6O2/c1-4-29(5-2)16(31)12-30-10-9-15-18-20(27-23(26)28-22(18)25)19(24)17(21(15)30)13-7-6-8-14(11-13)32-3/h6-11H,4-5,12H2,1-3H3,(H4,25,26,27,28). The van der Waals surface area contributed by atoms with Gasteiger partial charge in [-0.15, -0.1) is 0 Å². The number of nitrogens with two attached hydrogens (primary N) is 2. The third-order valence-electron chi connectivity index (χ3n) is 5.63. The van der Waals surface area contributed by atoms with E-state index in [1.165, 1.54) is 0 Å². The second-order valence-corrected chi connectivity index (χ2v) is 8.46. The summed E-state index contributed by atoms with van der Waals surface area (Å²) in [7, 11) is 1.64. The molecule has 4 rings (SSSR count). The quantitative estimate of drug-likeness (QED) is 0.356. The van der Waals surface area contributed by atoms with Crippen molar-refractivity contribution in [1.29, 1.82) is 0 Å². The number of likely N-dealkylation sites (N-methyl/N-ethyl adjacent to an activating group) is 1. The predicted octanol–water partition coefficient (Wildman–Crippen LogP) is 3.90. The van der Waals surface area contributed by atoms with Crippen LogP contribution in [0.1, 0.15) is 13.8 Å². The van der Waals surface area contributed by atoms with Gasteiger partial charge in [0.1, 0.15) is 18.1 Å². The van der Waals surface area contributed by atoms with Gasteiger partial charge in [0.05, 0.1) is 23.5 Å². The SMILES string of the molecule is CCN(CC)C(=O)Cn1ccc2c3c(N)nc(N)nc3c(I)c(-c3cccc(OC)c3)c21. The monoisotopic (exact) mass is 544 g/mol. The lowest BCUT2D eigenvalue weighted by Gasteiger charge is -2.20. The second-order valence-electron chi connectivity index (χ2n) is 7.38. The van der Waals surface area contributed by atoms with Gasteiger partial charge < -0.3 is 25.7 Å². The van der Waals surface area contributed by atoms with Crippen molar-refractivity contribution >= 4 is 62.1 Å². The molecule has 2 heterocycles. The number of rotatable bonds is 6. The van der Waals surface area contributed by atoms with Crippen molar-refractivity contribution in [2.24, 2.45) is 0 Å². The summed E-state index contributed by atoms with van der Waals surface area (Å²) in [6, 6.07) is 9.79. The van der Waals surface area contributed by atoms with Crippen LogP contribution in [0.2, 0.25) is 0 Å². The molecule has 0 aliphatic rings. The van der Waals surface area contributed by atoms with Gasteiger partial charge in [-0.05, 0) is 60.2 Å². The number of aromatic nitrogens is 3. The number of carbonyl (C=O) groups is 1. The molecule has 0 saturated heterocycles. The summed E-state index contributed by atoms with van der Waals surface area (Å²) in [6.07, 6.45) is 1.92. The molecule has 2 aromatic carbocycles. The Hall–Kier alpha value is -3.08. The number of anilines is 2. The molecule has 4 N–H and O–H groups in total. The van der Waals surface area contributed by atoms with Gasteiger partial charge in [-0.1, -0.05) is 12.1 Å². The van der Waals surface area contributed by atoms with Crippen molar-refractivity contribution in [2.45, 2.75) is 20.4 Å². The molecule has 8 nitrogen and oxygen atoms in total. The average Bonchev–Trinajstić information content (AvgIpc) is 3.17. The van der Waals surface area contributed by atoms with E-state index in [2.05, 4.69) is 32.6 Å². The smallest absolute Gasteiger partial charge is 0.242 e. The first-order valence-corrected chi connectivity index (χ1v) is 11.4. The van der Waals surface area contributed by atoms with E-state index in [4.69, 9.17) is 16.2 Å². The maximum Gasteiger partial charge on any atom is 0.242 e. The summed E-state index contributed by atoms with van der Waals surface area (Å²) < 4.78 is 8.31. The zero-order chi connectivity index (χ0) is 23.0. The number of benzene rings is 2. The summed E-state index contributed by atoms with van der Waals surface area (Å²) in [4.78, 5) is 23.5. The fourth-order valence-corrected chi connectivity index (χ4v) is 5.05. The Balaban J connectivity index is 2.07. The highest BCUT2D eigenvalue weighted by Gasteiger charge is 2.22. The van der Waals surface area contributed by atoms with Gasteiger partial charge in [0.15, 0.2) is 0 Å². The number of nitrogen functional groups attached to an aromatic ring is 2. The number of amides is 1. The minimum absolute atomic E-state index is 0.0562. The molecule has 4 aromatic rings. The van der Waals surface area contributed by atoms with E-state index in [1.54, 1.807) is 7.11 Å². The van der Waals surface area contributed by atoms with E-state index in [0.29, 0.717) is 24.4 Å². The molecule has 2 aromatic heterocycles. The van der Waals surface area contributed by atoms with Crippen molar-refractivity contribution in [3.8, 4) is 16.9 Å². The average molecular weight is 544 g/mol. The lowest BCUT2D eigenvalue weighted by molar-refractivity contribution is -0.131. The molecular formula is C23H25IN6O2. The number of carbonyl (C=O) groups excluding carboxylic acids is 1. The number of fused-ring (bicyclic) bond motifs is 3. The first kappa shape index (κ1) is 22.1. The van der Waals surface area contributed by atoms with E-state index in [9.17, 15) is 4.79 Å². The second kappa shape index (κ2) is 8.81. The predicted molar refractivity (Wildman–Crippen MR) is 136 cm³/mol. The molecule has 1 amide bonds. The van der Waals surface area contributed by atoms with Crippen LogP contribution in [0.25, 0.3) is 32.9 Å². The Morgan fingerprint density at radius 3 is 2.62 bits per heavy atom. The van der Waals surface area contributed by atoms with Crippen LogP contribution >= 0.6 is 22.6 Å². The molecule has 0 saturated carbocycles. The minimum atomic E-state index is 0.0562. The number of hydrogen-bond acceptors (Lipinski definition) is 6. The van der Waals surface area contributed by atoms with Gasteiger partial charge in [-0.3, -0.25) is 4.79 Å². The van der Waals surface area contributed by atoms with Gasteiger partial charge in [-0.25, -0.2) is 4.98 Å². The van der Waals surface area contributed by atoms with E-state index < -0.39 is 0 Å². The van der Waals surface area contributed by atoms with Crippen LogP contribution in [0.3, 0.4) is 0 Å². The van der Waals surface area contributed by atoms with E-state index >= 15 is 0 Å². The van der Waals surface area contributed by atoms with Crippen LogP contribution in [0.5, 0.6) is 5.75 Å². The van der Waals surface area contributed by atoms with Gasteiger partial charge in [-0.2, -0.15) is 4.98 Å². The molecule has 0 fully saturated rings. The number of halogens is 1. The van der Waals surface area contributed by atoms with Crippen LogP contribution < -0.4 is 16.2 Å². The molecule has 0 bridgehead atoms. The lowest BCUT2D eigenvalue weighted by Crippen LogP contribution is -2.33. The van der Waals surface area contributed by atoms with Crippen LogP contribution in [-0.2, 0) is 11.3 Å². The third-order valence-corrected chi connectivity index (χ3v) is 6.68. The highest BCUT2D eigenvalue weighted by atomic mass is 127. The topological polar surface area (TPSA) is 112 Å². The van der Waals surface area contributed by atoms with Gasteiger partial charge in [0, 0.05) is 33.8 Å². The van der Waals surface area contributed by atoms with Crippen molar-refractivity contribution in [1.82, 2.24) is 19.4 Å². The zero-order valence-electron chi connectivity index (χ0n) is 18.2. The zero-order valence-corrected chi connectivity index (χ0v) is 20.4. The summed E-state index contributed by atoms with van der Waals surface area (Å²) in [6.45, 7) is 5.51. The summed E-state index contributed by atoms with van der Waals surface area (Å²) in [5, 5.41) is 1.61. The maximum atomic E-state index is 12.9. The molecule has 0 aliphatic carbocycles. The van der Waals surface area contributed by atoms with Crippen molar-refractivity contribution in [2.75, 3.05) is 31.7 Å². The van der Waals surface area contributed by atoms with E-state index in [-0.39, 0.29) is 18.4 Å². The number of hydrogen-bond donors (Lipinski definition) is 2. The number of ether oxygens (including phenoxy) is 1. The first-order chi connectivity index (χ1) is 15.4.